The lowest BCUT2D eigenvalue weighted by Gasteiger charge is -2.20. The number of hydrogen-bond donors (Lipinski definition) is 0. The maximum absolute atomic E-state index is 15.1. The lowest BCUT2D eigenvalue weighted by Crippen LogP contribution is -2.23. The predicted molar refractivity (Wildman–Crippen MR) is 161 cm³/mol. The van der Waals surface area contributed by atoms with Crippen LogP contribution >= 0.6 is 0 Å². The lowest BCUT2D eigenvalue weighted by atomic mass is 9.99. The van der Waals surface area contributed by atoms with Crippen molar-refractivity contribution in [3.05, 3.63) is 125 Å². The summed E-state index contributed by atoms with van der Waals surface area (Å²) in [6.45, 7) is 2.11. The van der Waals surface area contributed by atoms with E-state index in [-0.39, 0.29) is 11.1 Å². The summed E-state index contributed by atoms with van der Waals surface area (Å²) >= 11 is 0. The van der Waals surface area contributed by atoms with Gasteiger partial charge in [-0.2, -0.15) is 8.78 Å². The molecule has 0 bridgehead atoms. The van der Waals surface area contributed by atoms with Crippen LogP contribution in [0.2, 0.25) is 0 Å². The summed E-state index contributed by atoms with van der Waals surface area (Å²) in [6.07, 6.45) is -3.97. The van der Waals surface area contributed by atoms with Crippen LogP contribution in [0.3, 0.4) is 0 Å². The van der Waals surface area contributed by atoms with E-state index in [1.54, 1.807) is 18.3 Å². The van der Waals surface area contributed by atoms with Crippen LogP contribution in [0.5, 0.6) is 11.5 Å². The van der Waals surface area contributed by atoms with Gasteiger partial charge in [-0.1, -0.05) is 44.0 Å². The van der Waals surface area contributed by atoms with E-state index in [0.717, 1.165) is 49.4 Å². The molecule has 0 saturated heterocycles. The highest BCUT2D eigenvalue weighted by atomic mass is 19.4. The first-order valence-corrected chi connectivity index (χ1v) is 14.8. The Bertz CT molecular complexity index is 1940. The quantitative estimate of drug-likeness (QED) is 0.102. The van der Waals surface area contributed by atoms with E-state index in [1.807, 2.05) is 6.07 Å². The molecule has 0 unspecified atom stereocenters. The number of nitrogens with zero attached hydrogens (tertiary/aromatic N) is 1. The van der Waals surface area contributed by atoms with Crippen LogP contribution in [-0.4, -0.2) is 11.3 Å². The molecular weight excluding hydrogens is 668 g/mol. The van der Waals surface area contributed by atoms with E-state index in [2.05, 4.69) is 21.4 Å². The van der Waals surface area contributed by atoms with Gasteiger partial charge in [0.05, 0.1) is 11.3 Å². The monoisotopic (exact) mass is 693 g/mol. The Hall–Kier alpha value is -5.07. The fourth-order valence-electron chi connectivity index (χ4n) is 5.07. The van der Waals surface area contributed by atoms with Gasteiger partial charge in [0, 0.05) is 29.0 Å². The van der Waals surface area contributed by atoms with Crippen molar-refractivity contribution in [2.75, 3.05) is 0 Å². The fraction of sp³-hybridized carbons (Fsp3) is 0.194. The molecule has 5 rings (SSSR count). The molecule has 0 atom stereocenters. The van der Waals surface area contributed by atoms with Crippen LogP contribution in [-0.2, 0) is 12.5 Å². The molecule has 256 valence electrons. The van der Waals surface area contributed by atoms with Crippen molar-refractivity contribution in [2.45, 2.75) is 45.1 Å². The van der Waals surface area contributed by atoms with Crippen LogP contribution in [0.15, 0.2) is 85.1 Å². The number of benzene rings is 4. The zero-order chi connectivity index (χ0) is 35.5. The van der Waals surface area contributed by atoms with Crippen LogP contribution in [0.25, 0.3) is 33.5 Å². The fourth-order valence-corrected chi connectivity index (χ4v) is 5.07. The van der Waals surface area contributed by atoms with Gasteiger partial charge in [0.2, 0.25) is 5.75 Å². The molecule has 49 heavy (non-hydrogen) atoms. The molecular formula is C36H25F10NO2. The van der Waals surface area contributed by atoms with Crippen molar-refractivity contribution in [1.82, 2.24) is 4.98 Å². The minimum atomic E-state index is -5.40. The SMILES string of the molecule is CCCCCc1ccc(-c2ccc(-c3ccc(C(F)(F)Oc4ccc(-c5cc(F)c(OC(F)(F)F)c(F)c5)c(F)c4)c(F)c3)c(F)c2)nc1. The number of pyridine rings is 1. The second-order valence-electron chi connectivity index (χ2n) is 11.0. The van der Waals surface area contributed by atoms with Gasteiger partial charge in [0.25, 0.3) is 0 Å². The van der Waals surface area contributed by atoms with Crippen LogP contribution in [0, 0.1) is 29.1 Å². The number of aromatic nitrogens is 1. The number of hydrogen-bond acceptors (Lipinski definition) is 3. The van der Waals surface area contributed by atoms with Crippen molar-refractivity contribution in [3.8, 4) is 45.0 Å². The summed E-state index contributed by atoms with van der Waals surface area (Å²) in [5, 5.41) is 0. The average molecular weight is 694 g/mol. The predicted octanol–water partition coefficient (Wildman–Crippen LogP) is 11.5. The number of ether oxygens (including phenoxy) is 2. The third kappa shape index (κ3) is 8.33. The van der Waals surface area contributed by atoms with Gasteiger partial charge in [-0.25, -0.2) is 22.0 Å². The van der Waals surface area contributed by atoms with Crippen LogP contribution in [0.1, 0.15) is 37.3 Å². The highest BCUT2D eigenvalue weighted by Gasteiger charge is 2.38. The van der Waals surface area contributed by atoms with Crippen molar-refractivity contribution in [2.24, 2.45) is 0 Å². The summed E-state index contributed by atoms with van der Waals surface area (Å²) in [5.74, 6) is -9.74. The molecule has 1 aromatic heterocycles. The van der Waals surface area contributed by atoms with Crippen molar-refractivity contribution < 1.29 is 53.4 Å². The summed E-state index contributed by atoms with van der Waals surface area (Å²) in [6, 6.07) is 12.9. The second-order valence-corrected chi connectivity index (χ2v) is 11.0. The molecule has 0 aliphatic rings. The molecule has 0 radical (unpaired) electrons. The summed E-state index contributed by atoms with van der Waals surface area (Å²) in [4.78, 5) is 4.39. The van der Waals surface area contributed by atoms with Gasteiger partial charge in [-0.15, -0.1) is 13.2 Å². The topological polar surface area (TPSA) is 31.4 Å². The van der Waals surface area contributed by atoms with Crippen LogP contribution in [0.4, 0.5) is 43.9 Å². The Kier molecular flexibility index (Phi) is 10.2. The number of rotatable bonds is 11. The van der Waals surface area contributed by atoms with Crippen molar-refractivity contribution >= 4 is 0 Å². The standard InChI is InChI=1S/C36H25F10NO2/c1-2-3-4-5-20-6-13-33(47-19-20)22-7-10-25(28(37)15-22)21-8-12-27(30(39)14-21)35(42,43)48-24-9-11-26(29(38)18-24)23-16-31(40)34(32(41)17-23)49-36(44,45)46/h6-19H,2-5H2,1H3. The average Bonchev–Trinajstić information content (AvgIpc) is 3.02. The Labute approximate surface area is 273 Å². The normalized spacial score (nSPS) is 11.9. The smallest absolute Gasteiger partial charge is 0.429 e. The van der Waals surface area contributed by atoms with Gasteiger partial charge in [-0.3, -0.25) is 4.98 Å². The molecule has 5 aromatic rings. The van der Waals surface area contributed by atoms with E-state index >= 15 is 17.6 Å². The molecule has 0 aliphatic carbocycles. The zero-order valence-corrected chi connectivity index (χ0v) is 25.5. The highest BCUT2D eigenvalue weighted by molar-refractivity contribution is 5.70. The number of aryl methyl sites for hydroxylation is 1. The largest absolute Gasteiger partial charge is 0.573 e. The molecule has 3 nitrogen and oxygen atoms in total. The van der Waals surface area contributed by atoms with Gasteiger partial charge < -0.3 is 9.47 Å². The lowest BCUT2D eigenvalue weighted by molar-refractivity contribution is -0.276. The molecule has 0 saturated carbocycles. The summed E-state index contributed by atoms with van der Waals surface area (Å²) in [5.41, 5.74) is -0.515. The molecule has 0 fully saturated rings. The Balaban J connectivity index is 1.31. The van der Waals surface area contributed by atoms with E-state index in [0.29, 0.717) is 41.6 Å². The van der Waals surface area contributed by atoms with Gasteiger partial charge in [0.1, 0.15) is 23.2 Å². The highest BCUT2D eigenvalue weighted by Crippen LogP contribution is 2.38. The van der Waals surface area contributed by atoms with Crippen molar-refractivity contribution in [3.63, 3.8) is 0 Å². The van der Waals surface area contributed by atoms with Crippen molar-refractivity contribution in [1.29, 1.82) is 0 Å². The first-order chi connectivity index (χ1) is 23.1. The third-order valence-electron chi connectivity index (χ3n) is 7.47. The minimum absolute atomic E-state index is 0.0538. The molecule has 0 aliphatic heterocycles. The van der Waals surface area contributed by atoms with Gasteiger partial charge >= 0.3 is 12.5 Å². The number of halogens is 10. The Morgan fingerprint density at radius 2 is 1.20 bits per heavy atom. The van der Waals surface area contributed by atoms with E-state index in [9.17, 15) is 26.3 Å². The van der Waals surface area contributed by atoms with Crippen LogP contribution < -0.4 is 9.47 Å². The third-order valence-corrected chi connectivity index (χ3v) is 7.47. The van der Waals surface area contributed by atoms with E-state index in [4.69, 9.17) is 0 Å². The first kappa shape index (κ1) is 35.2. The maximum Gasteiger partial charge on any atom is 0.573 e. The second kappa shape index (κ2) is 14.2. The molecule has 0 spiro atoms. The first-order valence-electron chi connectivity index (χ1n) is 14.8. The van der Waals surface area contributed by atoms with Gasteiger partial charge in [0.15, 0.2) is 11.6 Å². The zero-order valence-electron chi connectivity index (χ0n) is 25.5. The van der Waals surface area contributed by atoms with E-state index in [1.165, 1.54) is 12.1 Å². The number of alkyl halides is 5. The molecule has 0 N–H and O–H groups in total. The summed E-state index contributed by atoms with van der Waals surface area (Å²) < 4.78 is 148. The number of unbranched alkanes of at least 4 members (excludes halogenated alkanes) is 2. The molecule has 1 heterocycles. The summed E-state index contributed by atoms with van der Waals surface area (Å²) in [7, 11) is 0. The van der Waals surface area contributed by atoms with E-state index < -0.39 is 69.7 Å². The minimum Gasteiger partial charge on any atom is -0.429 e. The van der Waals surface area contributed by atoms with Gasteiger partial charge in [-0.05, 0) is 78.1 Å². The molecule has 0 amide bonds. The Morgan fingerprint density at radius 3 is 1.80 bits per heavy atom. The Morgan fingerprint density at radius 1 is 0.592 bits per heavy atom. The molecule has 13 heteroatoms. The molecule has 4 aromatic carbocycles. The maximum atomic E-state index is 15.1.